The van der Waals surface area contributed by atoms with Gasteiger partial charge in [-0.1, -0.05) is 22.6 Å². The summed E-state index contributed by atoms with van der Waals surface area (Å²) < 4.78 is 5.96. The minimum atomic E-state index is -0.172. The van der Waals surface area contributed by atoms with Gasteiger partial charge in [-0.2, -0.15) is 0 Å². The van der Waals surface area contributed by atoms with Crippen molar-refractivity contribution in [3.8, 4) is 0 Å². The zero-order valence-electron chi connectivity index (χ0n) is 6.31. The number of rotatable bonds is 4. The third-order valence-electron chi connectivity index (χ3n) is 1.60. The second-order valence-electron chi connectivity index (χ2n) is 2.56. The van der Waals surface area contributed by atoms with Crippen molar-refractivity contribution in [1.29, 1.82) is 0 Å². The van der Waals surface area contributed by atoms with E-state index in [9.17, 15) is 4.79 Å². The van der Waals surface area contributed by atoms with Gasteiger partial charge in [-0.25, -0.2) is 4.79 Å². The fraction of sp³-hybridized carbons (Fsp3) is 0.625. The Morgan fingerprint density at radius 2 is 2.36 bits per heavy atom. The molecule has 1 aliphatic rings. The molecule has 0 spiro atoms. The van der Waals surface area contributed by atoms with Crippen LogP contribution in [0.1, 0.15) is 19.3 Å². The minimum absolute atomic E-state index is 0.172. The van der Waals surface area contributed by atoms with Gasteiger partial charge in [0.1, 0.15) is 6.61 Å². The number of ether oxygens (including phenoxy) is 1. The molecule has 0 bridgehead atoms. The number of alkyl halides is 1. The van der Waals surface area contributed by atoms with E-state index < -0.39 is 0 Å². The highest BCUT2D eigenvalue weighted by molar-refractivity contribution is 14.1. The first-order valence-corrected chi connectivity index (χ1v) is 5.27. The SMILES string of the molecule is O=C1C=C(CCCCI)CO1. The summed E-state index contributed by atoms with van der Waals surface area (Å²) >= 11 is 2.36. The molecule has 2 nitrogen and oxygen atoms in total. The molecule has 0 saturated heterocycles. The second-order valence-corrected chi connectivity index (χ2v) is 3.64. The second kappa shape index (κ2) is 4.74. The molecule has 0 atom stereocenters. The Bertz CT molecular complexity index is 175. The van der Waals surface area contributed by atoms with Gasteiger partial charge in [-0.3, -0.25) is 0 Å². The molecule has 0 N–H and O–H groups in total. The lowest BCUT2D eigenvalue weighted by molar-refractivity contribution is -0.134. The zero-order valence-corrected chi connectivity index (χ0v) is 8.46. The van der Waals surface area contributed by atoms with Crippen LogP contribution in [0, 0.1) is 0 Å². The molecular weight excluding hydrogens is 255 g/mol. The van der Waals surface area contributed by atoms with E-state index in [1.165, 1.54) is 17.3 Å². The van der Waals surface area contributed by atoms with Crippen molar-refractivity contribution in [3.05, 3.63) is 11.6 Å². The van der Waals surface area contributed by atoms with Crippen LogP contribution in [0.2, 0.25) is 0 Å². The van der Waals surface area contributed by atoms with Gasteiger partial charge in [0.05, 0.1) is 0 Å². The summed E-state index contributed by atoms with van der Waals surface area (Å²) in [5.74, 6) is -0.172. The van der Waals surface area contributed by atoms with Crippen LogP contribution in [0.3, 0.4) is 0 Å². The topological polar surface area (TPSA) is 26.3 Å². The smallest absolute Gasteiger partial charge is 0.331 e. The van der Waals surface area contributed by atoms with Crippen LogP contribution in [0.15, 0.2) is 11.6 Å². The number of hydrogen-bond donors (Lipinski definition) is 0. The molecule has 3 heteroatoms. The van der Waals surface area contributed by atoms with Crippen LogP contribution in [0.25, 0.3) is 0 Å². The van der Waals surface area contributed by atoms with Crippen molar-refractivity contribution < 1.29 is 9.53 Å². The largest absolute Gasteiger partial charge is 0.458 e. The summed E-state index contributed by atoms with van der Waals surface area (Å²) in [6, 6.07) is 0. The number of unbranched alkanes of at least 4 members (excludes halogenated alkanes) is 1. The molecule has 0 unspecified atom stereocenters. The summed E-state index contributed by atoms with van der Waals surface area (Å²) in [7, 11) is 0. The number of carbonyl (C=O) groups excluding carboxylic acids is 1. The Kier molecular flexibility index (Phi) is 3.90. The van der Waals surface area contributed by atoms with Crippen molar-refractivity contribution in [3.63, 3.8) is 0 Å². The number of carbonyl (C=O) groups is 1. The Morgan fingerprint density at radius 3 is 2.91 bits per heavy atom. The Morgan fingerprint density at radius 1 is 1.55 bits per heavy atom. The Hall–Kier alpha value is -0.0600. The maximum absolute atomic E-state index is 10.6. The number of cyclic esters (lactones) is 1. The fourth-order valence-electron chi connectivity index (χ4n) is 1.00. The highest BCUT2D eigenvalue weighted by Gasteiger charge is 2.11. The molecule has 0 fully saturated rings. The molecule has 0 aromatic rings. The van der Waals surface area contributed by atoms with Gasteiger partial charge in [0.15, 0.2) is 0 Å². The molecule has 0 saturated carbocycles. The molecule has 0 aromatic heterocycles. The number of hydrogen-bond acceptors (Lipinski definition) is 2. The first-order valence-electron chi connectivity index (χ1n) is 3.75. The third-order valence-corrected chi connectivity index (χ3v) is 2.37. The van der Waals surface area contributed by atoms with Crippen LogP contribution < -0.4 is 0 Å². The first kappa shape index (κ1) is 9.03. The van der Waals surface area contributed by atoms with Gasteiger partial charge in [0, 0.05) is 6.08 Å². The van der Waals surface area contributed by atoms with E-state index in [0.29, 0.717) is 6.61 Å². The van der Waals surface area contributed by atoms with Crippen molar-refractivity contribution in [2.24, 2.45) is 0 Å². The quantitative estimate of drug-likeness (QED) is 0.337. The standard InChI is InChI=1S/C8H11IO2/c9-4-2-1-3-7-5-8(10)11-6-7/h5H,1-4,6H2. The van der Waals surface area contributed by atoms with Crippen LogP contribution in [0.5, 0.6) is 0 Å². The Labute approximate surface area is 80.1 Å². The average molecular weight is 266 g/mol. The van der Waals surface area contributed by atoms with Crippen molar-refractivity contribution >= 4 is 28.6 Å². The van der Waals surface area contributed by atoms with Crippen LogP contribution >= 0.6 is 22.6 Å². The fourth-order valence-corrected chi connectivity index (χ4v) is 1.54. The number of halogens is 1. The van der Waals surface area contributed by atoms with Crippen molar-refractivity contribution in [1.82, 2.24) is 0 Å². The lowest BCUT2D eigenvalue weighted by atomic mass is 10.1. The lowest BCUT2D eigenvalue weighted by Gasteiger charge is -1.97. The van der Waals surface area contributed by atoms with Crippen LogP contribution in [-0.2, 0) is 9.53 Å². The van der Waals surface area contributed by atoms with Crippen LogP contribution in [0.4, 0.5) is 0 Å². The molecule has 1 aliphatic heterocycles. The van der Waals surface area contributed by atoms with E-state index in [-0.39, 0.29) is 5.97 Å². The van der Waals surface area contributed by atoms with Gasteiger partial charge in [0.2, 0.25) is 0 Å². The van der Waals surface area contributed by atoms with E-state index in [0.717, 1.165) is 12.0 Å². The van der Waals surface area contributed by atoms with Gasteiger partial charge < -0.3 is 4.74 Å². The normalized spacial score (nSPS) is 16.5. The number of esters is 1. The van der Waals surface area contributed by atoms with Gasteiger partial charge >= 0.3 is 5.97 Å². The molecule has 0 aliphatic carbocycles. The zero-order chi connectivity index (χ0) is 8.10. The molecule has 11 heavy (non-hydrogen) atoms. The molecule has 0 radical (unpaired) electrons. The van der Waals surface area contributed by atoms with Crippen molar-refractivity contribution in [2.45, 2.75) is 19.3 Å². The van der Waals surface area contributed by atoms with E-state index in [1.807, 2.05) is 0 Å². The lowest BCUT2D eigenvalue weighted by Crippen LogP contribution is -1.91. The van der Waals surface area contributed by atoms with E-state index >= 15 is 0 Å². The summed E-state index contributed by atoms with van der Waals surface area (Å²) in [6.07, 6.45) is 5.04. The molecular formula is C8H11IO2. The van der Waals surface area contributed by atoms with Crippen LogP contribution in [-0.4, -0.2) is 17.0 Å². The summed E-state index contributed by atoms with van der Waals surface area (Å²) in [4.78, 5) is 10.6. The predicted molar refractivity (Wildman–Crippen MR) is 51.8 cm³/mol. The predicted octanol–water partition coefficient (Wildman–Crippen LogP) is 2.07. The van der Waals surface area contributed by atoms with Crippen molar-refractivity contribution in [2.75, 3.05) is 11.0 Å². The monoisotopic (exact) mass is 266 g/mol. The molecule has 1 rings (SSSR count). The van der Waals surface area contributed by atoms with Gasteiger partial charge in [-0.15, -0.1) is 0 Å². The van der Waals surface area contributed by atoms with E-state index in [2.05, 4.69) is 22.6 Å². The maximum atomic E-state index is 10.6. The summed E-state index contributed by atoms with van der Waals surface area (Å²) in [5.41, 5.74) is 1.15. The maximum Gasteiger partial charge on any atom is 0.331 e. The first-order chi connectivity index (χ1) is 5.33. The highest BCUT2D eigenvalue weighted by Crippen LogP contribution is 2.13. The average Bonchev–Trinajstić information content (AvgIpc) is 2.37. The molecule has 1 heterocycles. The summed E-state index contributed by atoms with van der Waals surface area (Å²) in [6.45, 7) is 0.528. The molecule has 62 valence electrons. The minimum Gasteiger partial charge on any atom is -0.458 e. The van der Waals surface area contributed by atoms with Gasteiger partial charge in [0.25, 0.3) is 0 Å². The molecule has 0 amide bonds. The van der Waals surface area contributed by atoms with E-state index in [4.69, 9.17) is 4.74 Å². The van der Waals surface area contributed by atoms with E-state index in [1.54, 1.807) is 6.08 Å². The van der Waals surface area contributed by atoms with Gasteiger partial charge in [-0.05, 0) is 29.3 Å². The summed E-state index contributed by atoms with van der Waals surface area (Å²) in [5, 5.41) is 0. The highest BCUT2D eigenvalue weighted by atomic mass is 127. The molecule has 0 aromatic carbocycles. The Balaban J connectivity index is 2.17. The third kappa shape index (κ3) is 3.22.